The van der Waals surface area contributed by atoms with E-state index >= 15 is 0 Å². The maximum absolute atomic E-state index is 13.3. The molecule has 1 unspecified atom stereocenters. The fourth-order valence-electron chi connectivity index (χ4n) is 3.93. The number of ketones is 1. The quantitative estimate of drug-likeness (QED) is 0.241. The zero-order valence-electron chi connectivity index (χ0n) is 19.0. The second kappa shape index (κ2) is 10.7. The van der Waals surface area contributed by atoms with E-state index in [4.69, 9.17) is 28.9 Å². The smallest absolute Gasteiger partial charge is 0.300 e. The predicted octanol–water partition coefficient (Wildman–Crippen LogP) is 4.60. The van der Waals surface area contributed by atoms with Crippen molar-refractivity contribution >= 4 is 63.8 Å². The molecule has 4 rings (SSSR count). The van der Waals surface area contributed by atoms with E-state index in [9.17, 15) is 24.3 Å². The number of Topliss-reactive ketones (excluding diaryl/α,β-unsaturated/α-hetero) is 1. The summed E-state index contributed by atoms with van der Waals surface area (Å²) >= 11 is 12.2. The first-order valence-electron chi connectivity index (χ1n) is 10.9. The number of aliphatic hydroxyl groups is 1. The summed E-state index contributed by atoms with van der Waals surface area (Å²) in [5.74, 6) is -3.58. The molecule has 186 valence electrons. The Bertz CT molecular complexity index is 1480. The SMILES string of the molecule is NC(=O)C=CC(=O)Nc1cccc(C(O)=C2C(=O)C(=O)N(c3cccc(Cl)c3)C2c2ccc(Cl)cc2)c1. The standard InChI is InChI=1S/C27H19Cl2N3O5/c28-17-9-7-15(8-10-17)24-23(26(36)27(37)32(24)20-6-2-4-18(29)14-20)25(35)16-3-1-5-19(13-16)31-22(34)12-11-21(30)33/h1-14,24,35H,(H2,30,33)(H,31,34). The lowest BCUT2D eigenvalue weighted by Crippen LogP contribution is -2.29. The number of nitrogens with two attached hydrogens (primary N) is 1. The lowest BCUT2D eigenvalue weighted by molar-refractivity contribution is -0.132. The van der Waals surface area contributed by atoms with E-state index in [2.05, 4.69) is 5.32 Å². The summed E-state index contributed by atoms with van der Waals surface area (Å²) in [6.07, 6.45) is 1.87. The minimum atomic E-state index is -0.979. The lowest BCUT2D eigenvalue weighted by atomic mass is 9.95. The van der Waals surface area contributed by atoms with Gasteiger partial charge in [-0.3, -0.25) is 24.1 Å². The largest absolute Gasteiger partial charge is 0.507 e. The van der Waals surface area contributed by atoms with Crippen LogP contribution >= 0.6 is 23.2 Å². The van der Waals surface area contributed by atoms with E-state index in [0.29, 0.717) is 21.3 Å². The topological polar surface area (TPSA) is 130 Å². The summed E-state index contributed by atoms with van der Waals surface area (Å²) in [4.78, 5) is 50.6. The van der Waals surface area contributed by atoms with Gasteiger partial charge in [0.1, 0.15) is 5.76 Å². The summed E-state index contributed by atoms with van der Waals surface area (Å²) in [5, 5.41) is 14.6. The third-order valence-corrected chi connectivity index (χ3v) is 6.01. The van der Waals surface area contributed by atoms with Gasteiger partial charge < -0.3 is 16.2 Å². The Kier molecular flexibility index (Phi) is 7.42. The molecule has 0 bridgehead atoms. The third kappa shape index (κ3) is 5.55. The van der Waals surface area contributed by atoms with Crippen molar-refractivity contribution in [2.45, 2.75) is 6.04 Å². The highest BCUT2D eigenvalue weighted by molar-refractivity contribution is 6.52. The fraction of sp³-hybridized carbons (Fsp3) is 0.0370. The van der Waals surface area contributed by atoms with Crippen molar-refractivity contribution < 1.29 is 24.3 Å². The number of nitrogens with zero attached hydrogens (tertiary/aromatic N) is 1. The Morgan fingerprint density at radius 1 is 0.919 bits per heavy atom. The third-order valence-electron chi connectivity index (χ3n) is 5.52. The van der Waals surface area contributed by atoms with Crippen LogP contribution in [0.4, 0.5) is 11.4 Å². The Labute approximate surface area is 221 Å². The molecule has 1 atom stereocenters. The molecule has 0 saturated carbocycles. The molecule has 1 aliphatic rings. The second-order valence-corrected chi connectivity index (χ2v) is 8.88. The fourth-order valence-corrected chi connectivity index (χ4v) is 4.24. The van der Waals surface area contributed by atoms with Crippen LogP contribution in [-0.4, -0.2) is 28.6 Å². The van der Waals surface area contributed by atoms with Crippen molar-refractivity contribution in [3.8, 4) is 0 Å². The molecule has 1 heterocycles. The van der Waals surface area contributed by atoms with Gasteiger partial charge in [0.05, 0.1) is 11.6 Å². The molecule has 1 aliphatic heterocycles. The maximum Gasteiger partial charge on any atom is 0.300 e. The number of hydrogen-bond acceptors (Lipinski definition) is 5. The highest BCUT2D eigenvalue weighted by atomic mass is 35.5. The molecule has 1 saturated heterocycles. The van der Waals surface area contributed by atoms with Gasteiger partial charge in [-0.05, 0) is 48.0 Å². The molecule has 3 aromatic rings. The van der Waals surface area contributed by atoms with Crippen LogP contribution in [-0.2, 0) is 19.2 Å². The number of primary amides is 1. The average Bonchev–Trinajstić information content (AvgIpc) is 3.13. The maximum atomic E-state index is 13.3. The van der Waals surface area contributed by atoms with Crippen LogP contribution in [0.15, 0.2) is 90.5 Å². The Hall–Kier alpha value is -4.40. The Morgan fingerprint density at radius 3 is 2.30 bits per heavy atom. The van der Waals surface area contributed by atoms with Crippen molar-refractivity contribution in [2.24, 2.45) is 5.73 Å². The molecule has 0 aromatic heterocycles. The van der Waals surface area contributed by atoms with Crippen LogP contribution in [0.3, 0.4) is 0 Å². The molecule has 3 aromatic carbocycles. The van der Waals surface area contributed by atoms with Crippen LogP contribution in [0.2, 0.25) is 10.0 Å². The molecule has 4 N–H and O–H groups in total. The molecular formula is C27H19Cl2N3O5. The molecule has 0 radical (unpaired) electrons. The molecule has 1 fully saturated rings. The average molecular weight is 536 g/mol. The summed E-state index contributed by atoms with van der Waals surface area (Å²) in [7, 11) is 0. The number of carbonyl (C=O) groups is 4. The molecule has 10 heteroatoms. The molecule has 0 aliphatic carbocycles. The Morgan fingerprint density at radius 2 is 1.62 bits per heavy atom. The highest BCUT2D eigenvalue weighted by Crippen LogP contribution is 2.43. The molecule has 8 nitrogen and oxygen atoms in total. The summed E-state index contributed by atoms with van der Waals surface area (Å²) < 4.78 is 0. The van der Waals surface area contributed by atoms with Gasteiger partial charge in [0.25, 0.3) is 11.7 Å². The number of rotatable bonds is 6. The number of nitrogens with one attached hydrogen (secondary N) is 1. The summed E-state index contributed by atoms with van der Waals surface area (Å²) in [5.41, 5.74) is 6.21. The lowest BCUT2D eigenvalue weighted by Gasteiger charge is -2.25. The van der Waals surface area contributed by atoms with E-state index in [-0.39, 0.29) is 16.8 Å². The number of hydrogen-bond donors (Lipinski definition) is 3. The Balaban J connectivity index is 1.82. The number of carbonyl (C=O) groups excluding carboxylic acids is 4. The van der Waals surface area contributed by atoms with E-state index < -0.39 is 35.3 Å². The van der Waals surface area contributed by atoms with Crippen molar-refractivity contribution in [3.05, 3.63) is 112 Å². The van der Waals surface area contributed by atoms with Crippen LogP contribution in [0.25, 0.3) is 5.76 Å². The number of amides is 3. The van der Waals surface area contributed by atoms with Gasteiger partial charge in [-0.2, -0.15) is 0 Å². The van der Waals surface area contributed by atoms with E-state index in [1.807, 2.05) is 0 Å². The van der Waals surface area contributed by atoms with Crippen molar-refractivity contribution in [2.75, 3.05) is 10.2 Å². The minimum Gasteiger partial charge on any atom is -0.507 e. The van der Waals surface area contributed by atoms with E-state index in [1.54, 1.807) is 60.7 Å². The molecule has 37 heavy (non-hydrogen) atoms. The van der Waals surface area contributed by atoms with Gasteiger partial charge in [-0.15, -0.1) is 0 Å². The monoisotopic (exact) mass is 535 g/mol. The van der Waals surface area contributed by atoms with Gasteiger partial charge in [0.15, 0.2) is 0 Å². The predicted molar refractivity (Wildman–Crippen MR) is 141 cm³/mol. The van der Waals surface area contributed by atoms with Gasteiger partial charge >= 0.3 is 0 Å². The van der Waals surface area contributed by atoms with Crippen LogP contribution in [0.1, 0.15) is 17.2 Å². The first-order valence-corrected chi connectivity index (χ1v) is 11.6. The number of aliphatic hydroxyl groups excluding tert-OH is 1. The summed E-state index contributed by atoms with van der Waals surface area (Å²) in [6, 6.07) is 18.1. The van der Waals surface area contributed by atoms with Gasteiger partial charge in [0.2, 0.25) is 11.8 Å². The van der Waals surface area contributed by atoms with Gasteiger partial charge in [0, 0.05) is 39.1 Å². The molecule has 0 spiro atoms. The normalized spacial score (nSPS) is 16.8. The molecule has 3 amide bonds. The van der Waals surface area contributed by atoms with Gasteiger partial charge in [-0.25, -0.2) is 0 Å². The van der Waals surface area contributed by atoms with Crippen LogP contribution < -0.4 is 16.0 Å². The first kappa shape index (κ1) is 25.7. The first-order chi connectivity index (χ1) is 17.7. The molecular weight excluding hydrogens is 517 g/mol. The number of benzene rings is 3. The second-order valence-electron chi connectivity index (χ2n) is 8.01. The number of anilines is 2. The van der Waals surface area contributed by atoms with E-state index in [1.165, 1.54) is 17.0 Å². The summed E-state index contributed by atoms with van der Waals surface area (Å²) in [6.45, 7) is 0. The zero-order chi connectivity index (χ0) is 26.7. The van der Waals surface area contributed by atoms with E-state index in [0.717, 1.165) is 12.2 Å². The highest BCUT2D eigenvalue weighted by Gasteiger charge is 2.47. The van der Waals surface area contributed by atoms with Crippen LogP contribution in [0.5, 0.6) is 0 Å². The van der Waals surface area contributed by atoms with Crippen molar-refractivity contribution in [3.63, 3.8) is 0 Å². The van der Waals surface area contributed by atoms with Crippen LogP contribution in [0, 0.1) is 0 Å². The number of halogens is 2. The van der Waals surface area contributed by atoms with Gasteiger partial charge in [-0.1, -0.05) is 53.5 Å². The van der Waals surface area contributed by atoms with Crippen molar-refractivity contribution in [1.82, 2.24) is 0 Å². The zero-order valence-corrected chi connectivity index (χ0v) is 20.5. The minimum absolute atomic E-state index is 0.149. The van der Waals surface area contributed by atoms with Crippen molar-refractivity contribution in [1.29, 1.82) is 0 Å².